The second-order valence-electron chi connectivity index (χ2n) is 4.30. The first-order valence-electron chi connectivity index (χ1n) is 5.46. The van der Waals surface area contributed by atoms with Crippen molar-refractivity contribution < 1.29 is 14.3 Å². The third-order valence-corrected chi connectivity index (χ3v) is 2.74. The van der Waals surface area contributed by atoms with Gasteiger partial charge in [0, 0.05) is 20.6 Å². The summed E-state index contributed by atoms with van der Waals surface area (Å²) in [5.74, 6) is 0.104. The van der Waals surface area contributed by atoms with Crippen LogP contribution >= 0.6 is 0 Å². The molecule has 1 rings (SSSR count). The maximum atomic E-state index is 11.4. The van der Waals surface area contributed by atoms with Crippen LogP contribution in [-0.2, 0) is 14.3 Å². The van der Waals surface area contributed by atoms with Crippen molar-refractivity contribution in [3.05, 3.63) is 0 Å². The molecule has 15 heavy (non-hydrogen) atoms. The predicted molar refractivity (Wildman–Crippen MR) is 57.7 cm³/mol. The Labute approximate surface area is 91.5 Å². The van der Waals surface area contributed by atoms with Crippen LogP contribution < -0.4 is 0 Å². The zero-order valence-electron chi connectivity index (χ0n) is 10.0. The van der Waals surface area contributed by atoms with Crippen LogP contribution in [0.25, 0.3) is 0 Å². The molecule has 1 heterocycles. The van der Waals surface area contributed by atoms with Gasteiger partial charge in [-0.25, -0.2) is 0 Å². The Morgan fingerprint density at radius 3 is 2.67 bits per heavy atom. The molecule has 1 aliphatic heterocycles. The van der Waals surface area contributed by atoms with E-state index in [9.17, 15) is 4.79 Å². The minimum atomic E-state index is 0.104. The van der Waals surface area contributed by atoms with Crippen LogP contribution in [0.5, 0.6) is 0 Å². The van der Waals surface area contributed by atoms with Crippen molar-refractivity contribution in [3.63, 3.8) is 0 Å². The minimum Gasteiger partial charge on any atom is -0.380 e. The number of ether oxygens (including phenoxy) is 2. The molecule has 0 bridgehead atoms. The average Bonchev–Trinajstić information content (AvgIpc) is 2.57. The molecule has 4 nitrogen and oxygen atoms in total. The van der Waals surface area contributed by atoms with Gasteiger partial charge in [0.2, 0.25) is 5.91 Å². The van der Waals surface area contributed by atoms with E-state index in [1.807, 2.05) is 18.7 Å². The fraction of sp³-hybridized carbons (Fsp3) is 0.909. The van der Waals surface area contributed by atoms with Gasteiger partial charge in [0.1, 0.15) is 0 Å². The Bertz CT molecular complexity index is 218. The number of rotatable bonds is 4. The lowest BCUT2D eigenvalue weighted by atomic mass is 10.2. The number of likely N-dealkylation sites (tertiary alicyclic amines) is 1. The van der Waals surface area contributed by atoms with Gasteiger partial charge in [-0.05, 0) is 20.3 Å². The molecule has 1 amide bonds. The third kappa shape index (κ3) is 3.47. The smallest absolute Gasteiger partial charge is 0.219 e. The summed E-state index contributed by atoms with van der Waals surface area (Å²) < 4.78 is 10.8. The molecule has 88 valence electrons. The van der Waals surface area contributed by atoms with E-state index in [0.717, 1.165) is 6.42 Å². The van der Waals surface area contributed by atoms with Crippen LogP contribution in [0.1, 0.15) is 27.2 Å². The number of nitrogens with zero attached hydrogens (tertiary/aromatic N) is 1. The number of methoxy groups -OCH3 is 1. The van der Waals surface area contributed by atoms with Gasteiger partial charge >= 0.3 is 0 Å². The van der Waals surface area contributed by atoms with E-state index < -0.39 is 0 Å². The average molecular weight is 215 g/mol. The fourth-order valence-corrected chi connectivity index (χ4v) is 1.89. The van der Waals surface area contributed by atoms with Gasteiger partial charge in [-0.1, -0.05) is 0 Å². The maximum absolute atomic E-state index is 11.4. The lowest BCUT2D eigenvalue weighted by molar-refractivity contribution is -0.131. The van der Waals surface area contributed by atoms with Crippen molar-refractivity contribution >= 4 is 5.91 Å². The van der Waals surface area contributed by atoms with Gasteiger partial charge in [-0.3, -0.25) is 4.79 Å². The third-order valence-electron chi connectivity index (χ3n) is 2.74. The van der Waals surface area contributed by atoms with Crippen molar-refractivity contribution in [2.24, 2.45) is 0 Å². The lowest BCUT2D eigenvalue weighted by Crippen LogP contribution is -2.37. The molecular weight excluding hydrogens is 194 g/mol. The number of carbonyl (C=O) groups is 1. The minimum absolute atomic E-state index is 0.104. The summed E-state index contributed by atoms with van der Waals surface area (Å²) in [6.07, 6.45) is 1.25. The zero-order chi connectivity index (χ0) is 11.4. The van der Waals surface area contributed by atoms with E-state index in [-0.39, 0.29) is 24.2 Å². The van der Waals surface area contributed by atoms with Crippen LogP contribution in [0, 0.1) is 0 Å². The normalized spacial score (nSPS) is 26.3. The van der Waals surface area contributed by atoms with Crippen LogP contribution in [0.15, 0.2) is 0 Å². The largest absolute Gasteiger partial charge is 0.380 e. The SMILES string of the molecule is CO[C@@H]1C[C@@H](COC(C)C)N(C(C)=O)C1. The first-order valence-corrected chi connectivity index (χ1v) is 5.46. The van der Waals surface area contributed by atoms with E-state index in [4.69, 9.17) is 9.47 Å². The molecule has 0 aromatic heterocycles. The summed E-state index contributed by atoms with van der Waals surface area (Å²) in [7, 11) is 1.69. The van der Waals surface area contributed by atoms with Crippen molar-refractivity contribution in [1.29, 1.82) is 0 Å². The van der Waals surface area contributed by atoms with Crippen molar-refractivity contribution in [3.8, 4) is 0 Å². The molecular formula is C11H21NO3. The Hall–Kier alpha value is -0.610. The number of carbonyl (C=O) groups excluding carboxylic acids is 1. The second-order valence-corrected chi connectivity index (χ2v) is 4.30. The molecule has 2 atom stereocenters. The highest BCUT2D eigenvalue weighted by atomic mass is 16.5. The van der Waals surface area contributed by atoms with Crippen molar-refractivity contribution in [2.45, 2.75) is 45.4 Å². The van der Waals surface area contributed by atoms with E-state index in [1.54, 1.807) is 14.0 Å². The summed E-state index contributed by atoms with van der Waals surface area (Å²) in [6, 6.07) is 0.176. The topological polar surface area (TPSA) is 38.8 Å². The van der Waals surface area contributed by atoms with Gasteiger partial charge < -0.3 is 14.4 Å². The highest BCUT2D eigenvalue weighted by molar-refractivity contribution is 5.74. The highest BCUT2D eigenvalue weighted by Gasteiger charge is 2.33. The Morgan fingerprint density at radius 1 is 1.53 bits per heavy atom. The van der Waals surface area contributed by atoms with Gasteiger partial charge in [0.05, 0.1) is 24.9 Å². The molecule has 0 saturated carbocycles. The zero-order valence-corrected chi connectivity index (χ0v) is 10.0. The summed E-state index contributed by atoms with van der Waals surface area (Å²) in [5.41, 5.74) is 0. The molecule has 4 heteroatoms. The van der Waals surface area contributed by atoms with Crippen molar-refractivity contribution in [2.75, 3.05) is 20.3 Å². The number of amides is 1. The molecule has 1 saturated heterocycles. The standard InChI is InChI=1S/C11H21NO3/c1-8(2)15-7-10-5-11(14-4)6-12(10)9(3)13/h8,10-11H,5-7H2,1-4H3/t10-,11+/m0/s1. The second kappa shape index (κ2) is 5.47. The molecule has 1 aliphatic rings. The molecule has 0 unspecified atom stereocenters. The number of hydrogen-bond acceptors (Lipinski definition) is 3. The van der Waals surface area contributed by atoms with Gasteiger partial charge in [0.25, 0.3) is 0 Å². The summed E-state index contributed by atoms with van der Waals surface area (Å²) in [6.45, 7) is 6.90. The maximum Gasteiger partial charge on any atom is 0.219 e. The van der Waals surface area contributed by atoms with E-state index >= 15 is 0 Å². The summed E-state index contributed by atoms with van der Waals surface area (Å²) in [5, 5.41) is 0. The molecule has 0 aromatic carbocycles. The molecule has 0 spiro atoms. The van der Waals surface area contributed by atoms with Crippen LogP contribution in [-0.4, -0.2) is 49.3 Å². The Balaban J connectivity index is 2.49. The molecule has 1 fully saturated rings. The first kappa shape index (κ1) is 12.5. The quantitative estimate of drug-likeness (QED) is 0.703. The first-order chi connectivity index (χ1) is 7.04. The molecule has 0 aromatic rings. The molecule has 0 aliphatic carbocycles. The summed E-state index contributed by atoms with van der Waals surface area (Å²) >= 11 is 0. The fourth-order valence-electron chi connectivity index (χ4n) is 1.89. The molecule has 0 radical (unpaired) electrons. The highest BCUT2D eigenvalue weighted by Crippen LogP contribution is 2.20. The molecule has 0 N–H and O–H groups in total. The Kier molecular flexibility index (Phi) is 4.54. The van der Waals surface area contributed by atoms with Crippen LogP contribution in [0.4, 0.5) is 0 Å². The van der Waals surface area contributed by atoms with Crippen molar-refractivity contribution in [1.82, 2.24) is 4.90 Å². The van der Waals surface area contributed by atoms with Crippen LogP contribution in [0.2, 0.25) is 0 Å². The summed E-state index contributed by atoms with van der Waals surface area (Å²) in [4.78, 5) is 13.2. The number of hydrogen-bond donors (Lipinski definition) is 0. The van der Waals surface area contributed by atoms with Gasteiger partial charge in [-0.15, -0.1) is 0 Å². The monoisotopic (exact) mass is 215 g/mol. The van der Waals surface area contributed by atoms with E-state index in [0.29, 0.717) is 13.2 Å². The lowest BCUT2D eigenvalue weighted by Gasteiger charge is -2.23. The van der Waals surface area contributed by atoms with Gasteiger partial charge in [-0.2, -0.15) is 0 Å². The van der Waals surface area contributed by atoms with Gasteiger partial charge in [0.15, 0.2) is 0 Å². The predicted octanol–water partition coefficient (Wildman–Crippen LogP) is 1.05. The Morgan fingerprint density at radius 2 is 2.20 bits per heavy atom. The van der Waals surface area contributed by atoms with E-state index in [2.05, 4.69) is 0 Å². The van der Waals surface area contributed by atoms with E-state index in [1.165, 1.54) is 0 Å². The van der Waals surface area contributed by atoms with Crippen LogP contribution in [0.3, 0.4) is 0 Å².